The van der Waals surface area contributed by atoms with E-state index in [-0.39, 0.29) is 24.5 Å². The van der Waals surface area contributed by atoms with Crippen molar-refractivity contribution in [1.29, 1.82) is 0 Å². The average Bonchev–Trinajstić information content (AvgIpc) is 3.28. The first kappa shape index (κ1) is 23.5. The summed E-state index contributed by atoms with van der Waals surface area (Å²) in [6.45, 7) is 5.25. The average molecular weight is 471 g/mol. The van der Waals surface area contributed by atoms with Gasteiger partial charge >= 0.3 is 0 Å². The Morgan fingerprint density at radius 1 is 0.800 bits per heavy atom. The number of aliphatic hydroxyl groups is 1. The first-order valence-corrected chi connectivity index (χ1v) is 12.5. The number of piperazine rings is 1. The summed E-state index contributed by atoms with van der Waals surface area (Å²) in [5.74, 6) is -0.0237. The summed E-state index contributed by atoms with van der Waals surface area (Å²) >= 11 is 0. The van der Waals surface area contributed by atoms with Crippen molar-refractivity contribution in [2.24, 2.45) is 0 Å². The fourth-order valence-corrected chi connectivity index (χ4v) is 5.35. The van der Waals surface area contributed by atoms with Gasteiger partial charge in [0.05, 0.1) is 18.7 Å². The number of carbonyl (C=O) groups excluding carboxylic acids is 1. The third kappa shape index (κ3) is 5.73. The first-order chi connectivity index (χ1) is 17.2. The lowest BCUT2D eigenvalue weighted by atomic mass is 9.99. The molecule has 0 radical (unpaired) electrons. The number of benzene rings is 3. The van der Waals surface area contributed by atoms with Crippen molar-refractivity contribution < 1.29 is 9.90 Å². The molecule has 0 bridgehead atoms. The Morgan fingerprint density at radius 3 is 1.91 bits per heavy atom. The van der Waals surface area contributed by atoms with Crippen LogP contribution in [0.3, 0.4) is 0 Å². The van der Waals surface area contributed by atoms with E-state index >= 15 is 0 Å². The van der Waals surface area contributed by atoms with Crippen LogP contribution in [0.25, 0.3) is 0 Å². The van der Waals surface area contributed by atoms with Crippen molar-refractivity contribution in [3.05, 3.63) is 102 Å². The summed E-state index contributed by atoms with van der Waals surface area (Å²) in [5, 5.41) is 14.0. The van der Waals surface area contributed by atoms with Gasteiger partial charge in [0.1, 0.15) is 0 Å². The number of rotatable bonds is 7. The highest BCUT2D eigenvalue weighted by molar-refractivity contribution is 5.79. The van der Waals surface area contributed by atoms with Crippen molar-refractivity contribution in [2.75, 3.05) is 50.7 Å². The van der Waals surface area contributed by atoms with Gasteiger partial charge in [-0.3, -0.25) is 14.6 Å². The van der Waals surface area contributed by atoms with E-state index in [0.717, 1.165) is 37.3 Å². The topological polar surface area (TPSA) is 59.1 Å². The number of carbonyl (C=O) groups is 1. The van der Waals surface area contributed by atoms with Crippen molar-refractivity contribution in [3.8, 4) is 0 Å². The smallest absolute Gasteiger partial charge is 0.234 e. The first-order valence-electron chi connectivity index (χ1n) is 12.5. The maximum absolute atomic E-state index is 13.1. The van der Waals surface area contributed by atoms with Gasteiger partial charge in [-0.2, -0.15) is 0 Å². The molecule has 35 heavy (non-hydrogen) atoms. The lowest BCUT2D eigenvalue weighted by Crippen LogP contribution is -2.53. The van der Waals surface area contributed by atoms with Gasteiger partial charge in [-0.1, -0.05) is 78.9 Å². The van der Waals surface area contributed by atoms with Gasteiger partial charge in [0.15, 0.2) is 0 Å². The van der Waals surface area contributed by atoms with Crippen molar-refractivity contribution in [1.82, 2.24) is 15.1 Å². The zero-order valence-electron chi connectivity index (χ0n) is 20.0. The van der Waals surface area contributed by atoms with Crippen LogP contribution < -0.4 is 10.2 Å². The van der Waals surface area contributed by atoms with Gasteiger partial charge in [0.2, 0.25) is 5.91 Å². The lowest BCUT2D eigenvalue weighted by Gasteiger charge is -2.39. The maximum Gasteiger partial charge on any atom is 0.234 e. The van der Waals surface area contributed by atoms with Crippen molar-refractivity contribution in [3.63, 3.8) is 0 Å². The maximum atomic E-state index is 13.1. The quantitative estimate of drug-likeness (QED) is 0.556. The van der Waals surface area contributed by atoms with Crippen LogP contribution >= 0.6 is 0 Å². The number of amides is 1. The van der Waals surface area contributed by atoms with Crippen LogP contribution in [0.1, 0.15) is 17.2 Å². The van der Waals surface area contributed by atoms with E-state index in [2.05, 4.69) is 44.3 Å². The van der Waals surface area contributed by atoms with Gasteiger partial charge < -0.3 is 15.3 Å². The molecule has 2 N–H and O–H groups in total. The zero-order valence-corrected chi connectivity index (χ0v) is 20.0. The Balaban J connectivity index is 1.17. The molecule has 2 heterocycles. The number of β-amino-alcohol motifs (C(OH)–C–C–N with tert-alkyl or cyclic N) is 1. The van der Waals surface area contributed by atoms with Crippen LogP contribution in [0.4, 0.5) is 5.69 Å². The molecule has 1 amide bonds. The van der Waals surface area contributed by atoms with Crippen LogP contribution in [0.15, 0.2) is 91.0 Å². The van der Waals surface area contributed by atoms with E-state index in [1.165, 1.54) is 5.69 Å². The highest BCUT2D eigenvalue weighted by Gasteiger charge is 2.37. The molecule has 2 fully saturated rings. The van der Waals surface area contributed by atoms with E-state index in [4.69, 9.17) is 0 Å². The third-order valence-corrected chi connectivity index (χ3v) is 7.18. The van der Waals surface area contributed by atoms with Crippen LogP contribution in [0.2, 0.25) is 0 Å². The minimum absolute atomic E-state index is 0.0237. The number of para-hydroxylation sites is 1. The Hall–Kier alpha value is -3.19. The van der Waals surface area contributed by atoms with E-state index in [1.54, 1.807) is 0 Å². The molecule has 0 aromatic heterocycles. The number of likely N-dealkylation sites (tertiary alicyclic amines) is 1. The highest BCUT2D eigenvalue weighted by atomic mass is 16.3. The summed E-state index contributed by atoms with van der Waals surface area (Å²) in [5.41, 5.74) is 3.37. The number of aliphatic hydroxyl groups excluding tert-OH is 1. The second kappa shape index (κ2) is 11.0. The molecule has 0 spiro atoms. The molecule has 6 nitrogen and oxygen atoms in total. The van der Waals surface area contributed by atoms with Crippen molar-refractivity contribution in [2.45, 2.75) is 18.2 Å². The number of nitrogens with one attached hydrogen (secondary N) is 1. The van der Waals surface area contributed by atoms with Gasteiger partial charge in [-0.05, 0) is 23.3 Å². The second-order valence-corrected chi connectivity index (χ2v) is 9.51. The van der Waals surface area contributed by atoms with Gasteiger partial charge in [0.25, 0.3) is 0 Å². The molecule has 0 unspecified atom stereocenters. The molecule has 0 saturated carbocycles. The Bertz CT molecular complexity index is 1030. The summed E-state index contributed by atoms with van der Waals surface area (Å²) in [4.78, 5) is 20.0. The predicted molar refractivity (Wildman–Crippen MR) is 139 cm³/mol. The molecule has 2 atom stereocenters. The molecule has 3 aromatic rings. The Morgan fingerprint density at radius 2 is 1.34 bits per heavy atom. The van der Waals surface area contributed by atoms with Gasteiger partial charge in [0, 0.05) is 51.0 Å². The number of hydrogen-bond acceptors (Lipinski definition) is 5. The molecule has 2 aliphatic heterocycles. The normalized spacial score (nSPS) is 21.4. The molecular formula is C29H34N4O2. The van der Waals surface area contributed by atoms with E-state index < -0.39 is 6.10 Å². The fourth-order valence-electron chi connectivity index (χ4n) is 5.35. The number of nitrogens with zero attached hydrogens (tertiary/aromatic N) is 3. The molecule has 2 aliphatic rings. The summed E-state index contributed by atoms with van der Waals surface area (Å²) in [6, 6.07) is 30.5. The molecule has 182 valence electrons. The monoisotopic (exact) mass is 470 g/mol. The highest BCUT2D eigenvalue weighted by Crippen LogP contribution is 2.23. The summed E-state index contributed by atoms with van der Waals surface area (Å²) in [6.07, 6.45) is -0.440. The summed E-state index contributed by atoms with van der Waals surface area (Å²) in [7, 11) is 0. The van der Waals surface area contributed by atoms with Crippen LogP contribution in [-0.4, -0.2) is 78.8 Å². The molecule has 2 saturated heterocycles. The Labute approximate surface area is 207 Å². The van der Waals surface area contributed by atoms with E-state index in [0.29, 0.717) is 13.1 Å². The van der Waals surface area contributed by atoms with E-state index in [9.17, 15) is 9.90 Å². The molecule has 0 aliphatic carbocycles. The molecule has 3 aromatic carbocycles. The summed E-state index contributed by atoms with van der Waals surface area (Å²) < 4.78 is 0. The minimum Gasteiger partial charge on any atom is -0.390 e. The predicted octanol–water partition coefficient (Wildman–Crippen LogP) is 2.76. The lowest BCUT2D eigenvalue weighted by molar-refractivity contribution is -0.122. The van der Waals surface area contributed by atoms with Crippen LogP contribution in [0, 0.1) is 0 Å². The van der Waals surface area contributed by atoms with Crippen molar-refractivity contribution >= 4 is 11.6 Å². The molecule has 5 rings (SSSR count). The van der Waals surface area contributed by atoms with Crippen LogP contribution in [-0.2, 0) is 4.79 Å². The Kier molecular flexibility index (Phi) is 7.42. The largest absolute Gasteiger partial charge is 0.390 e. The van der Waals surface area contributed by atoms with E-state index in [1.807, 2.05) is 66.7 Å². The van der Waals surface area contributed by atoms with Gasteiger partial charge in [-0.15, -0.1) is 0 Å². The number of anilines is 1. The van der Waals surface area contributed by atoms with Gasteiger partial charge in [-0.25, -0.2) is 0 Å². The standard InChI is InChI=1S/C29H34N4O2/c34-27-21-31(20-26(27)33-18-16-32(17-19-33)25-14-8-3-9-15-25)22-28(35)30-29(23-10-4-1-5-11-23)24-12-6-2-7-13-24/h1-15,26-27,29,34H,16-22H2,(H,30,35)/t26-,27-/m0/s1. The zero-order chi connectivity index (χ0) is 24.0. The molecule has 6 heteroatoms. The van der Waals surface area contributed by atoms with Crippen LogP contribution in [0.5, 0.6) is 0 Å². The third-order valence-electron chi connectivity index (χ3n) is 7.18. The minimum atomic E-state index is -0.440. The molecular weight excluding hydrogens is 436 g/mol. The fraction of sp³-hybridized carbons (Fsp3) is 0.345. The number of hydrogen-bond donors (Lipinski definition) is 2. The SMILES string of the molecule is O=C(CN1C[C@H](O)[C@@H](N2CCN(c3ccccc3)CC2)C1)NC(c1ccccc1)c1ccccc1. The second-order valence-electron chi connectivity index (χ2n) is 9.51.